The van der Waals surface area contributed by atoms with Crippen molar-refractivity contribution < 1.29 is 19.1 Å². The van der Waals surface area contributed by atoms with Gasteiger partial charge in [-0.2, -0.15) is 0 Å². The Balaban J connectivity index is 2.10. The number of amides is 3. The van der Waals surface area contributed by atoms with E-state index in [0.29, 0.717) is 26.2 Å². The van der Waals surface area contributed by atoms with Crippen LogP contribution < -0.4 is 10.6 Å². The Kier molecular flexibility index (Phi) is 5.69. The maximum absolute atomic E-state index is 11.3. The van der Waals surface area contributed by atoms with Gasteiger partial charge in [-0.1, -0.05) is 6.08 Å². The van der Waals surface area contributed by atoms with Gasteiger partial charge in [-0.05, 0) is 6.92 Å². The monoisotopic (exact) mass is 255 g/mol. The van der Waals surface area contributed by atoms with Crippen molar-refractivity contribution >= 4 is 17.9 Å². The van der Waals surface area contributed by atoms with Crippen LogP contribution in [0.2, 0.25) is 0 Å². The molecule has 0 radical (unpaired) electrons. The van der Waals surface area contributed by atoms with Crippen LogP contribution in [0.3, 0.4) is 0 Å². The number of carbonyl (C=O) groups excluding carboxylic acids is 3. The van der Waals surface area contributed by atoms with E-state index in [9.17, 15) is 14.4 Å². The van der Waals surface area contributed by atoms with Crippen LogP contribution in [0.1, 0.15) is 6.92 Å². The summed E-state index contributed by atoms with van der Waals surface area (Å²) in [4.78, 5) is 35.0. The van der Waals surface area contributed by atoms with Crippen molar-refractivity contribution in [3.05, 3.63) is 12.2 Å². The van der Waals surface area contributed by atoms with E-state index in [1.54, 1.807) is 11.8 Å². The lowest BCUT2D eigenvalue weighted by Gasteiger charge is -2.14. The minimum Gasteiger partial charge on any atom is -0.452 e. The van der Waals surface area contributed by atoms with Gasteiger partial charge in [0.25, 0.3) is 5.91 Å². The van der Waals surface area contributed by atoms with E-state index in [1.165, 1.54) is 12.2 Å². The molecule has 1 aliphatic rings. The van der Waals surface area contributed by atoms with Gasteiger partial charge in [0, 0.05) is 32.3 Å². The summed E-state index contributed by atoms with van der Waals surface area (Å²) in [5.41, 5.74) is 0. The molecule has 1 rings (SSSR count). The normalized spacial score (nSPS) is 14.7. The fourth-order valence-corrected chi connectivity index (χ4v) is 1.43. The van der Waals surface area contributed by atoms with Crippen molar-refractivity contribution in [2.24, 2.45) is 0 Å². The standard InChI is InChI=1S/C11H17N3O4/c1-2-3-10(16)18-8-9(15)12-4-6-14-7-5-13-11(14)17/h2-3H,4-8H2,1H3,(H,12,15)(H,13,17). The average molecular weight is 255 g/mol. The van der Waals surface area contributed by atoms with Crippen molar-refractivity contribution in [2.75, 3.05) is 32.8 Å². The molecular weight excluding hydrogens is 238 g/mol. The second kappa shape index (κ2) is 7.31. The number of allylic oxidation sites excluding steroid dienone is 1. The second-order valence-corrected chi connectivity index (χ2v) is 3.68. The van der Waals surface area contributed by atoms with E-state index in [2.05, 4.69) is 15.4 Å². The van der Waals surface area contributed by atoms with Crippen LogP contribution in [0.5, 0.6) is 0 Å². The Morgan fingerprint density at radius 3 is 2.94 bits per heavy atom. The quantitative estimate of drug-likeness (QED) is 0.483. The van der Waals surface area contributed by atoms with Gasteiger partial charge in [0.15, 0.2) is 6.61 Å². The smallest absolute Gasteiger partial charge is 0.330 e. The first kappa shape index (κ1) is 14.0. The molecule has 100 valence electrons. The molecule has 7 heteroatoms. The van der Waals surface area contributed by atoms with E-state index >= 15 is 0 Å². The Morgan fingerprint density at radius 1 is 1.56 bits per heavy atom. The average Bonchev–Trinajstić information content (AvgIpc) is 2.73. The molecule has 2 N–H and O–H groups in total. The zero-order chi connectivity index (χ0) is 13.4. The molecular formula is C11H17N3O4. The summed E-state index contributed by atoms with van der Waals surface area (Å²) in [6.07, 6.45) is 2.77. The molecule has 0 saturated carbocycles. The lowest BCUT2D eigenvalue weighted by Crippen LogP contribution is -2.38. The van der Waals surface area contributed by atoms with E-state index in [-0.39, 0.29) is 18.5 Å². The maximum atomic E-state index is 11.3. The SMILES string of the molecule is CC=CC(=O)OCC(=O)NCCN1CCNC1=O. The molecule has 18 heavy (non-hydrogen) atoms. The highest BCUT2D eigenvalue weighted by Crippen LogP contribution is 1.94. The zero-order valence-corrected chi connectivity index (χ0v) is 10.3. The first-order valence-electron chi connectivity index (χ1n) is 5.72. The predicted octanol–water partition coefficient (Wildman–Crippen LogP) is -0.753. The number of esters is 1. The predicted molar refractivity (Wildman–Crippen MR) is 63.8 cm³/mol. The van der Waals surface area contributed by atoms with Gasteiger partial charge >= 0.3 is 12.0 Å². The van der Waals surface area contributed by atoms with E-state index < -0.39 is 5.97 Å². The molecule has 1 saturated heterocycles. The van der Waals surface area contributed by atoms with Gasteiger partial charge in [-0.25, -0.2) is 9.59 Å². The number of urea groups is 1. The zero-order valence-electron chi connectivity index (χ0n) is 10.3. The summed E-state index contributed by atoms with van der Waals surface area (Å²) < 4.78 is 4.66. The summed E-state index contributed by atoms with van der Waals surface area (Å²) in [7, 11) is 0. The largest absolute Gasteiger partial charge is 0.452 e. The molecule has 1 aliphatic heterocycles. The third-order valence-corrected chi connectivity index (χ3v) is 2.30. The molecule has 0 aromatic heterocycles. The maximum Gasteiger partial charge on any atom is 0.330 e. The molecule has 0 atom stereocenters. The summed E-state index contributed by atoms with van der Waals surface area (Å²) in [6, 6.07) is -0.122. The van der Waals surface area contributed by atoms with Gasteiger partial charge in [0.2, 0.25) is 0 Å². The van der Waals surface area contributed by atoms with Crippen molar-refractivity contribution in [1.82, 2.24) is 15.5 Å². The van der Waals surface area contributed by atoms with E-state index in [0.717, 1.165) is 0 Å². The first-order valence-corrected chi connectivity index (χ1v) is 5.72. The number of hydrogen-bond donors (Lipinski definition) is 2. The van der Waals surface area contributed by atoms with E-state index in [4.69, 9.17) is 0 Å². The van der Waals surface area contributed by atoms with Crippen LogP contribution in [0.4, 0.5) is 4.79 Å². The first-order chi connectivity index (χ1) is 8.63. The third kappa shape index (κ3) is 4.86. The Labute approximate surface area is 105 Å². The number of nitrogens with zero attached hydrogens (tertiary/aromatic N) is 1. The van der Waals surface area contributed by atoms with Crippen molar-refractivity contribution in [3.63, 3.8) is 0 Å². The molecule has 0 unspecified atom stereocenters. The van der Waals surface area contributed by atoms with Crippen LogP contribution in [-0.2, 0) is 14.3 Å². The molecule has 7 nitrogen and oxygen atoms in total. The number of carbonyl (C=O) groups is 3. The lowest BCUT2D eigenvalue weighted by molar-refractivity contribution is -0.143. The van der Waals surface area contributed by atoms with Crippen molar-refractivity contribution in [3.8, 4) is 0 Å². The number of rotatable bonds is 6. The topological polar surface area (TPSA) is 87.7 Å². The summed E-state index contributed by atoms with van der Waals surface area (Å²) in [5.74, 6) is -0.931. The van der Waals surface area contributed by atoms with Gasteiger partial charge < -0.3 is 20.3 Å². The third-order valence-electron chi connectivity index (χ3n) is 2.30. The highest BCUT2D eigenvalue weighted by molar-refractivity contribution is 5.85. The minimum absolute atomic E-state index is 0.122. The molecule has 1 fully saturated rings. The van der Waals surface area contributed by atoms with Gasteiger partial charge in [0.05, 0.1) is 0 Å². The van der Waals surface area contributed by atoms with Crippen LogP contribution >= 0.6 is 0 Å². The van der Waals surface area contributed by atoms with Gasteiger partial charge in [-0.3, -0.25) is 4.79 Å². The Morgan fingerprint density at radius 2 is 2.33 bits per heavy atom. The van der Waals surface area contributed by atoms with Crippen LogP contribution in [0.25, 0.3) is 0 Å². The number of ether oxygens (including phenoxy) is 1. The lowest BCUT2D eigenvalue weighted by atomic mass is 10.5. The van der Waals surface area contributed by atoms with Crippen molar-refractivity contribution in [2.45, 2.75) is 6.92 Å². The number of hydrogen-bond acceptors (Lipinski definition) is 4. The van der Waals surface area contributed by atoms with Gasteiger partial charge in [-0.15, -0.1) is 0 Å². The van der Waals surface area contributed by atoms with Crippen LogP contribution in [0, 0.1) is 0 Å². The molecule has 0 spiro atoms. The van der Waals surface area contributed by atoms with Crippen molar-refractivity contribution in [1.29, 1.82) is 0 Å². The summed E-state index contributed by atoms with van der Waals surface area (Å²) in [5, 5.41) is 5.22. The van der Waals surface area contributed by atoms with Gasteiger partial charge in [0.1, 0.15) is 0 Å². The number of nitrogens with one attached hydrogen (secondary N) is 2. The fraction of sp³-hybridized carbons (Fsp3) is 0.545. The van der Waals surface area contributed by atoms with Crippen LogP contribution in [-0.4, -0.2) is 55.6 Å². The molecule has 0 aromatic rings. The van der Waals surface area contributed by atoms with Crippen LogP contribution in [0.15, 0.2) is 12.2 Å². The Hall–Kier alpha value is -2.05. The molecule has 0 aliphatic carbocycles. The molecule has 3 amide bonds. The fourth-order valence-electron chi connectivity index (χ4n) is 1.43. The van der Waals surface area contributed by atoms with E-state index in [1.807, 2.05) is 0 Å². The molecule has 1 heterocycles. The highest BCUT2D eigenvalue weighted by atomic mass is 16.5. The summed E-state index contributed by atoms with van der Waals surface area (Å²) in [6.45, 7) is 3.43. The summed E-state index contributed by atoms with van der Waals surface area (Å²) >= 11 is 0. The second-order valence-electron chi connectivity index (χ2n) is 3.68. The minimum atomic E-state index is -0.549. The molecule has 0 aromatic carbocycles. The molecule has 0 bridgehead atoms. The Bertz CT molecular complexity index is 354. The highest BCUT2D eigenvalue weighted by Gasteiger charge is 2.18.